The van der Waals surface area contributed by atoms with Gasteiger partial charge in [0.1, 0.15) is 6.29 Å². The minimum absolute atomic E-state index is 0.389. The smallest absolute Gasteiger partial charge is 0.236 e. The van der Waals surface area contributed by atoms with Crippen molar-refractivity contribution < 1.29 is 4.79 Å². The van der Waals surface area contributed by atoms with E-state index in [9.17, 15) is 4.79 Å². The normalized spacial score (nSPS) is 8.79. The first-order valence-corrected chi connectivity index (χ1v) is 8.27. The van der Waals surface area contributed by atoms with Gasteiger partial charge in [0.25, 0.3) is 0 Å². The van der Waals surface area contributed by atoms with E-state index in [4.69, 9.17) is 0 Å². The third-order valence-corrected chi connectivity index (χ3v) is 4.11. The van der Waals surface area contributed by atoms with Crippen molar-refractivity contribution in [2.24, 2.45) is 0 Å². The van der Waals surface area contributed by atoms with Crippen molar-refractivity contribution in [3.8, 4) is 0 Å². The number of aldehydes is 1. The van der Waals surface area contributed by atoms with E-state index in [0.29, 0.717) is 21.6 Å². The van der Waals surface area contributed by atoms with Crippen molar-refractivity contribution in [3.63, 3.8) is 0 Å². The van der Waals surface area contributed by atoms with Gasteiger partial charge in [0.05, 0.1) is 0 Å². The van der Waals surface area contributed by atoms with E-state index in [1.165, 1.54) is 25.7 Å². The summed E-state index contributed by atoms with van der Waals surface area (Å²) in [4.78, 5) is 9.40. The molecular weight excluding hydrogens is 187 g/mol. The Morgan fingerprint density at radius 2 is 1.43 bits per heavy atom. The molecule has 2 heteroatoms. The number of hydrogen-bond acceptors (Lipinski definition) is 1. The number of carbonyl (C=O) groups is 1. The van der Waals surface area contributed by atoms with Crippen LogP contribution in [0.1, 0.15) is 59.3 Å². The second kappa shape index (κ2) is 18.9. The van der Waals surface area contributed by atoms with E-state index < -0.39 is 0 Å². The van der Waals surface area contributed by atoms with Gasteiger partial charge in [0.15, 0.2) is 0 Å². The fourth-order valence-electron chi connectivity index (χ4n) is 1.15. The first kappa shape index (κ1) is 16.6. The fraction of sp³-hybridized carbons (Fsp3) is 0.917. The third-order valence-electron chi connectivity index (χ3n) is 2.11. The molecule has 1 nitrogen and oxygen atoms in total. The molecule has 0 heterocycles. The summed E-state index contributed by atoms with van der Waals surface area (Å²) >= 11 is 0.389. The lowest BCUT2D eigenvalue weighted by atomic mass is 10.4. The lowest BCUT2D eigenvalue weighted by Gasteiger charge is -1.92. The van der Waals surface area contributed by atoms with Crippen LogP contribution in [0.2, 0.25) is 10.6 Å². The van der Waals surface area contributed by atoms with Gasteiger partial charge in [0, 0.05) is 6.42 Å². The van der Waals surface area contributed by atoms with Crippen molar-refractivity contribution >= 4 is 21.5 Å². The van der Waals surface area contributed by atoms with Crippen LogP contribution in [0.3, 0.4) is 0 Å². The Kier molecular flexibility index (Phi) is 22.4. The van der Waals surface area contributed by atoms with Crippen LogP contribution >= 0.6 is 0 Å². The molecule has 0 unspecified atom stereocenters. The van der Waals surface area contributed by atoms with Gasteiger partial charge in [-0.1, -0.05) is 57.0 Å². The predicted molar refractivity (Wildman–Crippen MR) is 67.6 cm³/mol. The van der Waals surface area contributed by atoms with Crippen LogP contribution in [0.25, 0.3) is 0 Å². The summed E-state index contributed by atoms with van der Waals surface area (Å²) in [6.07, 6.45) is 8.41. The van der Waals surface area contributed by atoms with Crippen LogP contribution in [-0.4, -0.2) is 21.5 Å². The maximum Gasteiger partial charge on any atom is 0.236 e. The standard InChI is InChI=1S/C4H8O.2C4H9.Al.H/c1-2-3-4-5;2*1-3-4-2;;/h4H,2-3H2,1H3;2*1,3-4H2,2H3;;. The molecule has 84 valence electrons. The average Bonchev–Trinajstić information content (AvgIpc) is 2.20. The first-order valence-electron chi connectivity index (χ1n) is 6.27. The highest BCUT2D eigenvalue weighted by Crippen LogP contribution is 1.99. The molecular formula is C12H27AlO. The summed E-state index contributed by atoms with van der Waals surface area (Å²) < 4.78 is 0. The van der Waals surface area contributed by atoms with Gasteiger partial charge in [-0.25, -0.2) is 0 Å². The van der Waals surface area contributed by atoms with E-state index in [1.54, 1.807) is 10.6 Å². The van der Waals surface area contributed by atoms with Crippen molar-refractivity contribution in [2.75, 3.05) is 0 Å². The number of unbranched alkanes of at least 4 members (excludes halogenated alkanes) is 3. The first-order chi connectivity index (χ1) is 6.83. The van der Waals surface area contributed by atoms with Gasteiger partial charge in [-0.2, -0.15) is 0 Å². The topological polar surface area (TPSA) is 17.1 Å². The summed E-state index contributed by atoms with van der Waals surface area (Å²) in [5.41, 5.74) is 0. The SMILES string of the molecule is CCCC=O.CCC[CH2][AlH][CH2]CCC. The van der Waals surface area contributed by atoms with Crippen molar-refractivity contribution in [1.29, 1.82) is 0 Å². The molecule has 0 aromatic heterocycles. The minimum atomic E-state index is 0.389. The van der Waals surface area contributed by atoms with Gasteiger partial charge in [-0.3, -0.25) is 0 Å². The predicted octanol–water partition coefficient (Wildman–Crippen LogP) is 3.85. The highest BCUT2D eigenvalue weighted by Gasteiger charge is 1.90. The molecule has 0 N–H and O–H groups in total. The van der Waals surface area contributed by atoms with Gasteiger partial charge in [-0.15, -0.1) is 0 Å². The highest BCUT2D eigenvalue weighted by molar-refractivity contribution is 6.35. The summed E-state index contributed by atoms with van der Waals surface area (Å²) in [6.45, 7) is 6.55. The zero-order chi connectivity index (χ0) is 11.1. The molecule has 0 spiro atoms. The second-order valence-electron chi connectivity index (χ2n) is 3.72. The molecule has 0 atom stereocenters. The molecule has 0 saturated heterocycles. The Balaban J connectivity index is 0. The minimum Gasteiger partial charge on any atom is -0.303 e. The zero-order valence-electron chi connectivity index (χ0n) is 10.3. The summed E-state index contributed by atoms with van der Waals surface area (Å²) in [6, 6.07) is 0. The summed E-state index contributed by atoms with van der Waals surface area (Å²) in [5, 5.41) is 3.19. The molecule has 0 aromatic rings. The van der Waals surface area contributed by atoms with Crippen LogP contribution in [0.15, 0.2) is 0 Å². The van der Waals surface area contributed by atoms with Crippen molar-refractivity contribution in [1.82, 2.24) is 0 Å². The molecule has 14 heavy (non-hydrogen) atoms. The molecule has 0 bridgehead atoms. The zero-order valence-corrected chi connectivity index (χ0v) is 11.8. The van der Waals surface area contributed by atoms with Gasteiger partial charge in [0.2, 0.25) is 15.2 Å². The molecule has 0 rings (SSSR count). The number of rotatable bonds is 8. The Hall–Kier alpha value is 0.202. The van der Waals surface area contributed by atoms with E-state index >= 15 is 0 Å². The maximum atomic E-state index is 9.40. The largest absolute Gasteiger partial charge is 0.303 e. The molecule has 0 aliphatic rings. The third kappa shape index (κ3) is 22.8. The second-order valence-corrected chi connectivity index (χ2v) is 5.84. The van der Waals surface area contributed by atoms with Crippen LogP contribution < -0.4 is 0 Å². The van der Waals surface area contributed by atoms with Gasteiger partial charge in [-0.05, 0) is 6.42 Å². The van der Waals surface area contributed by atoms with Crippen LogP contribution in [0.4, 0.5) is 0 Å². The van der Waals surface area contributed by atoms with Gasteiger partial charge < -0.3 is 4.79 Å². The average molecular weight is 214 g/mol. The Morgan fingerprint density at radius 3 is 1.64 bits per heavy atom. The van der Waals surface area contributed by atoms with Crippen molar-refractivity contribution in [2.45, 2.75) is 69.9 Å². The number of hydrogen-bond donors (Lipinski definition) is 0. The monoisotopic (exact) mass is 214 g/mol. The quantitative estimate of drug-likeness (QED) is 0.341. The van der Waals surface area contributed by atoms with E-state index in [2.05, 4.69) is 13.8 Å². The Bertz CT molecular complexity index is 88.3. The van der Waals surface area contributed by atoms with E-state index in [-0.39, 0.29) is 0 Å². The Morgan fingerprint density at radius 1 is 0.929 bits per heavy atom. The maximum absolute atomic E-state index is 9.40. The van der Waals surface area contributed by atoms with Crippen molar-refractivity contribution in [3.05, 3.63) is 0 Å². The van der Waals surface area contributed by atoms with E-state index in [0.717, 1.165) is 12.7 Å². The van der Waals surface area contributed by atoms with Crippen LogP contribution in [0, 0.1) is 0 Å². The number of carbonyl (C=O) groups excluding carboxylic acids is 1. The fourth-order valence-corrected chi connectivity index (χ4v) is 3.21. The lowest BCUT2D eigenvalue weighted by Crippen LogP contribution is -1.87. The molecule has 0 amide bonds. The van der Waals surface area contributed by atoms with Crippen LogP contribution in [0.5, 0.6) is 0 Å². The Labute approximate surface area is 96.4 Å². The van der Waals surface area contributed by atoms with Gasteiger partial charge >= 0.3 is 0 Å². The molecule has 0 radical (unpaired) electrons. The molecule has 0 aliphatic carbocycles. The van der Waals surface area contributed by atoms with Crippen LogP contribution in [-0.2, 0) is 4.79 Å². The van der Waals surface area contributed by atoms with E-state index in [1.807, 2.05) is 6.92 Å². The molecule has 0 saturated carbocycles. The molecule has 0 fully saturated rings. The summed E-state index contributed by atoms with van der Waals surface area (Å²) in [5.74, 6) is 0. The molecule has 0 aliphatic heterocycles. The highest BCUT2D eigenvalue weighted by atomic mass is 27.1. The molecule has 0 aromatic carbocycles. The lowest BCUT2D eigenvalue weighted by molar-refractivity contribution is -0.107. The summed E-state index contributed by atoms with van der Waals surface area (Å²) in [7, 11) is 0.